The molecule has 0 spiro atoms. The molecule has 0 aliphatic carbocycles. The Kier molecular flexibility index (Phi) is 4.63. The Hall–Kier alpha value is -3.79. The van der Waals surface area contributed by atoms with E-state index >= 15 is 0 Å². The molecule has 1 N–H and O–H groups in total. The Morgan fingerprint density at radius 1 is 1.10 bits per heavy atom. The molecule has 3 heterocycles. The molecule has 0 saturated carbocycles. The largest absolute Gasteiger partial charge is 0.355 e. The van der Waals surface area contributed by atoms with Crippen molar-refractivity contribution in [1.82, 2.24) is 34.7 Å². The van der Waals surface area contributed by atoms with Crippen LogP contribution in [0.15, 0.2) is 64.9 Å². The Labute approximate surface area is 180 Å². The third-order valence-electron chi connectivity index (χ3n) is 4.88. The van der Waals surface area contributed by atoms with Gasteiger partial charge in [-0.25, -0.2) is 9.37 Å². The van der Waals surface area contributed by atoms with Crippen LogP contribution < -0.4 is 5.32 Å². The van der Waals surface area contributed by atoms with Crippen LogP contribution in [0.2, 0.25) is 0 Å². The van der Waals surface area contributed by atoms with Crippen molar-refractivity contribution >= 4 is 34.3 Å². The Balaban J connectivity index is 1.51. The topological polar surface area (TPSA) is 90.0 Å². The fourth-order valence-corrected chi connectivity index (χ4v) is 4.07. The highest BCUT2D eigenvalue weighted by Crippen LogP contribution is 2.29. The van der Waals surface area contributed by atoms with Crippen LogP contribution in [0.5, 0.6) is 0 Å². The summed E-state index contributed by atoms with van der Waals surface area (Å²) in [6.07, 6.45) is 1.77. The summed E-state index contributed by atoms with van der Waals surface area (Å²) < 4.78 is 18.0. The van der Waals surface area contributed by atoms with Gasteiger partial charge in [0, 0.05) is 24.6 Å². The van der Waals surface area contributed by atoms with Crippen LogP contribution in [0, 0.1) is 5.82 Å². The number of aromatic nitrogens is 6. The van der Waals surface area contributed by atoms with Crippen molar-refractivity contribution in [1.29, 1.82) is 0 Å². The molecule has 1 amide bonds. The lowest BCUT2D eigenvalue weighted by molar-refractivity contribution is 0.0959. The first kappa shape index (κ1) is 19.2. The average Bonchev–Trinajstić information content (AvgIpc) is 3.36. The number of benzene rings is 2. The number of nitrogens with one attached hydrogen (secondary N) is 1. The third-order valence-corrected chi connectivity index (χ3v) is 5.80. The van der Waals surface area contributed by atoms with Gasteiger partial charge in [-0.2, -0.15) is 9.61 Å². The van der Waals surface area contributed by atoms with Gasteiger partial charge in [-0.3, -0.25) is 4.79 Å². The van der Waals surface area contributed by atoms with E-state index in [2.05, 4.69) is 25.6 Å². The number of amides is 1. The molecule has 0 saturated heterocycles. The minimum atomic E-state index is -0.610. The molecule has 0 aliphatic heterocycles. The molecule has 0 radical (unpaired) electrons. The molecule has 154 valence electrons. The van der Waals surface area contributed by atoms with Crippen molar-refractivity contribution in [2.24, 2.45) is 7.05 Å². The van der Waals surface area contributed by atoms with E-state index in [4.69, 9.17) is 0 Å². The molecule has 2 aromatic carbocycles. The van der Waals surface area contributed by atoms with Gasteiger partial charge in [0.15, 0.2) is 5.65 Å². The molecule has 0 fully saturated rings. The van der Waals surface area contributed by atoms with E-state index in [1.807, 2.05) is 29.8 Å². The van der Waals surface area contributed by atoms with Crippen LogP contribution in [0.1, 0.15) is 10.4 Å². The second-order valence-corrected chi connectivity index (χ2v) is 7.89. The lowest BCUT2D eigenvalue weighted by atomic mass is 10.1. The zero-order valence-corrected chi connectivity index (χ0v) is 17.4. The lowest BCUT2D eigenvalue weighted by Gasteiger charge is -2.06. The number of halogens is 1. The van der Waals surface area contributed by atoms with Gasteiger partial charge in [-0.05, 0) is 54.2 Å². The summed E-state index contributed by atoms with van der Waals surface area (Å²) in [6, 6.07) is 13.9. The second kappa shape index (κ2) is 7.47. The van der Waals surface area contributed by atoms with Gasteiger partial charge in [0.25, 0.3) is 5.91 Å². The van der Waals surface area contributed by atoms with Crippen LogP contribution in [0.25, 0.3) is 27.9 Å². The predicted octanol–water partition coefficient (Wildman–Crippen LogP) is 3.33. The smallest absolute Gasteiger partial charge is 0.253 e. The Morgan fingerprint density at radius 3 is 2.77 bits per heavy atom. The summed E-state index contributed by atoms with van der Waals surface area (Å²) >= 11 is 1.43. The van der Waals surface area contributed by atoms with Crippen LogP contribution >= 0.6 is 11.8 Å². The minimum absolute atomic E-state index is 0.0153. The van der Waals surface area contributed by atoms with Gasteiger partial charge in [0.05, 0.1) is 28.6 Å². The van der Waals surface area contributed by atoms with Gasteiger partial charge < -0.3 is 9.88 Å². The normalized spacial score (nSPS) is 11.3. The van der Waals surface area contributed by atoms with E-state index in [9.17, 15) is 9.18 Å². The van der Waals surface area contributed by atoms with E-state index in [0.717, 1.165) is 15.9 Å². The van der Waals surface area contributed by atoms with Crippen LogP contribution in [0.4, 0.5) is 4.39 Å². The quantitative estimate of drug-likeness (QED) is 0.468. The van der Waals surface area contributed by atoms with Crippen molar-refractivity contribution in [3.05, 3.63) is 66.2 Å². The summed E-state index contributed by atoms with van der Waals surface area (Å²) in [6.45, 7) is 0. The molecule has 0 atom stereocenters. The van der Waals surface area contributed by atoms with E-state index in [-0.39, 0.29) is 5.56 Å². The first-order chi connectivity index (χ1) is 15.0. The van der Waals surface area contributed by atoms with Crippen molar-refractivity contribution in [2.75, 3.05) is 7.05 Å². The highest BCUT2D eigenvalue weighted by molar-refractivity contribution is 7.99. The lowest BCUT2D eigenvalue weighted by Crippen LogP contribution is -2.19. The molecule has 5 rings (SSSR count). The number of rotatable bonds is 4. The predicted molar refractivity (Wildman–Crippen MR) is 114 cm³/mol. The number of carbonyl (C=O) groups excluding carboxylic acids is 1. The van der Waals surface area contributed by atoms with Gasteiger partial charge >= 0.3 is 0 Å². The van der Waals surface area contributed by atoms with E-state index < -0.39 is 11.7 Å². The molecule has 5 aromatic rings. The highest BCUT2D eigenvalue weighted by atomic mass is 32.2. The SMILES string of the molecule is CNC(=O)c1ccc(-c2ccc3nnc(Sc4ccc5ncn(C)c5c4)n3n2)cc1F. The van der Waals surface area contributed by atoms with Crippen LogP contribution in [0.3, 0.4) is 0 Å². The van der Waals surface area contributed by atoms with Gasteiger partial charge in [0.1, 0.15) is 5.82 Å². The van der Waals surface area contributed by atoms with Crippen molar-refractivity contribution < 1.29 is 9.18 Å². The molecule has 0 aliphatic rings. The maximum absolute atomic E-state index is 14.4. The zero-order chi connectivity index (χ0) is 21.5. The first-order valence-electron chi connectivity index (χ1n) is 9.37. The van der Waals surface area contributed by atoms with Gasteiger partial charge in [0.2, 0.25) is 5.16 Å². The van der Waals surface area contributed by atoms with E-state index in [0.29, 0.717) is 22.1 Å². The Morgan fingerprint density at radius 2 is 1.97 bits per heavy atom. The van der Waals surface area contributed by atoms with E-state index in [1.54, 1.807) is 29.0 Å². The number of hydrogen-bond acceptors (Lipinski definition) is 6. The van der Waals surface area contributed by atoms with Gasteiger partial charge in [-0.1, -0.05) is 6.07 Å². The summed E-state index contributed by atoms with van der Waals surface area (Å²) in [4.78, 5) is 17.0. The first-order valence-corrected chi connectivity index (χ1v) is 10.2. The summed E-state index contributed by atoms with van der Waals surface area (Å²) in [5, 5.41) is 16.0. The minimum Gasteiger partial charge on any atom is -0.355 e. The number of hydrogen-bond donors (Lipinski definition) is 1. The Bertz CT molecular complexity index is 1460. The highest BCUT2D eigenvalue weighted by Gasteiger charge is 2.14. The number of imidazole rings is 1. The fourth-order valence-electron chi connectivity index (χ4n) is 3.25. The summed E-state index contributed by atoms with van der Waals surface area (Å²) in [5.41, 5.74) is 3.58. The van der Waals surface area contributed by atoms with E-state index in [1.165, 1.54) is 30.9 Å². The summed E-state index contributed by atoms with van der Waals surface area (Å²) in [7, 11) is 3.40. The van der Waals surface area contributed by atoms with Crippen molar-refractivity contribution in [3.63, 3.8) is 0 Å². The molecule has 10 heteroatoms. The van der Waals surface area contributed by atoms with Crippen LogP contribution in [-0.2, 0) is 7.05 Å². The molecule has 0 unspecified atom stereocenters. The molecule has 31 heavy (non-hydrogen) atoms. The maximum Gasteiger partial charge on any atom is 0.253 e. The summed E-state index contributed by atoms with van der Waals surface area (Å²) in [5.74, 6) is -1.09. The fraction of sp³-hybridized carbons (Fsp3) is 0.0952. The number of fused-ring (bicyclic) bond motifs is 2. The molecule has 0 bridgehead atoms. The molecular weight excluding hydrogens is 417 g/mol. The average molecular weight is 433 g/mol. The monoisotopic (exact) mass is 433 g/mol. The number of aryl methyl sites for hydroxylation is 1. The standard InChI is InChI=1S/C21H16FN7OS/c1-23-20(30)14-5-3-12(9-15(14)22)16-7-8-19-25-26-21(29(19)27-16)31-13-4-6-17-18(10-13)28(2)11-24-17/h3-11H,1-2H3,(H,23,30). The third kappa shape index (κ3) is 3.40. The number of carbonyl (C=O) groups is 1. The zero-order valence-electron chi connectivity index (χ0n) is 16.6. The maximum atomic E-state index is 14.4. The number of nitrogens with zero attached hydrogens (tertiary/aromatic N) is 6. The van der Waals surface area contributed by atoms with Crippen molar-refractivity contribution in [2.45, 2.75) is 10.1 Å². The molecule has 3 aromatic heterocycles. The van der Waals surface area contributed by atoms with Gasteiger partial charge in [-0.15, -0.1) is 10.2 Å². The van der Waals surface area contributed by atoms with Crippen molar-refractivity contribution in [3.8, 4) is 11.3 Å². The van der Waals surface area contributed by atoms with Crippen LogP contribution in [-0.4, -0.2) is 42.3 Å². The molecular formula is C21H16FN7OS. The molecule has 8 nitrogen and oxygen atoms in total. The second-order valence-electron chi connectivity index (χ2n) is 6.85.